The summed E-state index contributed by atoms with van der Waals surface area (Å²) in [6, 6.07) is 1.85. The molecule has 1 aromatic heterocycles. The molecule has 9 nitrogen and oxygen atoms in total. The average Bonchev–Trinajstić information content (AvgIpc) is 2.74. The summed E-state index contributed by atoms with van der Waals surface area (Å²) in [5.41, 5.74) is 0.274. The topological polar surface area (TPSA) is 112 Å². The molecule has 0 fully saturated rings. The van der Waals surface area contributed by atoms with Gasteiger partial charge in [0.2, 0.25) is 23.5 Å². The third-order valence-corrected chi connectivity index (χ3v) is 6.09. The number of rotatable bonds is 7. The van der Waals surface area contributed by atoms with E-state index in [1.807, 2.05) is 26.8 Å². The summed E-state index contributed by atoms with van der Waals surface area (Å²) in [5.74, 6) is 1.57. The standard InChI is InChI=1S/C24H33IN4O5/c1-23(2,3)20(30)27-19-14(12-26-22(28-19)29-21(31)24(4,5)6)10-13-11-15(32-7)17(33-8)18(34-9)16(13)25/h11-12H,10H2,1-9H3,(H2,26,27,28,29,30,31). The van der Waals surface area contributed by atoms with Crippen LogP contribution in [0.15, 0.2) is 12.3 Å². The summed E-state index contributed by atoms with van der Waals surface area (Å²) in [6.07, 6.45) is 1.98. The maximum atomic E-state index is 12.8. The first-order valence-corrected chi connectivity index (χ1v) is 11.8. The first-order chi connectivity index (χ1) is 15.7. The molecule has 0 saturated heterocycles. The van der Waals surface area contributed by atoms with Crippen molar-refractivity contribution in [2.45, 2.75) is 48.0 Å². The molecule has 2 amide bonds. The molecule has 34 heavy (non-hydrogen) atoms. The van der Waals surface area contributed by atoms with E-state index in [0.717, 1.165) is 9.13 Å². The number of aromatic nitrogens is 2. The van der Waals surface area contributed by atoms with Crippen LogP contribution in [-0.2, 0) is 16.0 Å². The van der Waals surface area contributed by atoms with Gasteiger partial charge in [-0.15, -0.1) is 0 Å². The number of amides is 2. The Morgan fingerprint density at radius 3 is 1.94 bits per heavy atom. The van der Waals surface area contributed by atoms with Gasteiger partial charge in [0, 0.05) is 29.0 Å². The van der Waals surface area contributed by atoms with E-state index in [0.29, 0.717) is 35.1 Å². The highest BCUT2D eigenvalue weighted by molar-refractivity contribution is 14.1. The number of benzene rings is 1. The highest BCUT2D eigenvalue weighted by Gasteiger charge is 2.26. The lowest BCUT2D eigenvalue weighted by Gasteiger charge is -2.21. The first-order valence-electron chi connectivity index (χ1n) is 10.7. The third kappa shape index (κ3) is 6.49. The van der Waals surface area contributed by atoms with E-state index < -0.39 is 10.8 Å². The number of halogens is 1. The minimum atomic E-state index is -0.641. The van der Waals surface area contributed by atoms with Crippen molar-refractivity contribution < 1.29 is 23.8 Å². The van der Waals surface area contributed by atoms with E-state index in [1.54, 1.807) is 48.3 Å². The number of nitrogens with one attached hydrogen (secondary N) is 2. The highest BCUT2D eigenvalue weighted by Crippen LogP contribution is 2.43. The molecule has 1 aromatic carbocycles. The fraction of sp³-hybridized carbons (Fsp3) is 0.500. The number of hydrogen-bond donors (Lipinski definition) is 2. The lowest BCUT2D eigenvalue weighted by atomic mass is 9.95. The van der Waals surface area contributed by atoms with Gasteiger partial charge in [0.25, 0.3) is 0 Å². The summed E-state index contributed by atoms with van der Waals surface area (Å²) in [6.45, 7) is 10.8. The molecule has 0 atom stereocenters. The number of carbonyl (C=O) groups is 2. The van der Waals surface area contributed by atoms with Crippen LogP contribution in [0.5, 0.6) is 17.2 Å². The molecule has 0 aliphatic heterocycles. The molecule has 10 heteroatoms. The van der Waals surface area contributed by atoms with Crippen molar-refractivity contribution in [1.29, 1.82) is 0 Å². The Morgan fingerprint density at radius 1 is 0.882 bits per heavy atom. The smallest absolute Gasteiger partial charge is 0.232 e. The predicted octanol–water partition coefficient (Wildman–Crippen LogP) is 4.67. The fourth-order valence-corrected chi connectivity index (χ4v) is 3.61. The van der Waals surface area contributed by atoms with Crippen LogP contribution < -0.4 is 24.8 Å². The molecular weight excluding hydrogens is 551 g/mol. The van der Waals surface area contributed by atoms with Crippen molar-refractivity contribution in [1.82, 2.24) is 9.97 Å². The number of hydrogen-bond acceptors (Lipinski definition) is 7. The molecule has 1 heterocycles. The van der Waals surface area contributed by atoms with Crippen LogP contribution in [0.25, 0.3) is 0 Å². The number of nitrogens with zero attached hydrogens (tertiary/aromatic N) is 2. The Bertz CT molecular complexity index is 1070. The van der Waals surface area contributed by atoms with Gasteiger partial charge in [-0.05, 0) is 34.2 Å². The van der Waals surface area contributed by atoms with E-state index in [2.05, 4.69) is 43.2 Å². The zero-order valence-corrected chi connectivity index (χ0v) is 23.3. The third-order valence-electron chi connectivity index (χ3n) is 4.91. The van der Waals surface area contributed by atoms with Gasteiger partial charge in [-0.1, -0.05) is 41.5 Å². The van der Waals surface area contributed by atoms with Crippen LogP contribution in [0.2, 0.25) is 0 Å². The van der Waals surface area contributed by atoms with Crippen LogP contribution in [0.3, 0.4) is 0 Å². The largest absolute Gasteiger partial charge is 0.493 e. The average molecular weight is 584 g/mol. The van der Waals surface area contributed by atoms with E-state index in [-0.39, 0.29) is 17.8 Å². The Labute approximate surface area is 214 Å². The van der Waals surface area contributed by atoms with Gasteiger partial charge in [-0.25, -0.2) is 4.98 Å². The summed E-state index contributed by atoms with van der Waals surface area (Å²) in [7, 11) is 4.67. The minimum Gasteiger partial charge on any atom is -0.493 e. The SMILES string of the molecule is COc1cc(Cc2cnc(NC(=O)C(C)(C)C)nc2NC(=O)C(C)(C)C)c(I)c(OC)c1OC. The van der Waals surface area contributed by atoms with Crippen LogP contribution in [0.1, 0.15) is 52.7 Å². The van der Waals surface area contributed by atoms with E-state index >= 15 is 0 Å². The molecule has 0 saturated carbocycles. The van der Waals surface area contributed by atoms with Gasteiger partial charge in [-0.3, -0.25) is 14.9 Å². The highest BCUT2D eigenvalue weighted by atomic mass is 127. The van der Waals surface area contributed by atoms with Crippen molar-refractivity contribution >= 4 is 46.2 Å². The maximum absolute atomic E-state index is 12.8. The van der Waals surface area contributed by atoms with E-state index in [4.69, 9.17) is 14.2 Å². The van der Waals surface area contributed by atoms with Gasteiger partial charge in [0.05, 0.1) is 24.9 Å². The van der Waals surface area contributed by atoms with Gasteiger partial charge >= 0.3 is 0 Å². The molecule has 2 aromatic rings. The first kappa shape index (κ1) is 27.6. The zero-order chi connectivity index (χ0) is 25.8. The van der Waals surface area contributed by atoms with E-state index in [1.165, 1.54) is 0 Å². The molecule has 0 aliphatic carbocycles. The lowest BCUT2D eigenvalue weighted by Crippen LogP contribution is -2.30. The van der Waals surface area contributed by atoms with Gasteiger partial charge < -0.3 is 19.5 Å². The van der Waals surface area contributed by atoms with Gasteiger partial charge in [-0.2, -0.15) is 4.98 Å². The Kier molecular flexibility index (Phi) is 8.73. The lowest BCUT2D eigenvalue weighted by molar-refractivity contribution is -0.123. The number of anilines is 2. The van der Waals surface area contributed by atoms with Crippen LogP contribution in [0.4, 0.5) is 11.8 Å². The van der Waals surface area contributed by atoms with Crippen molar-refractivity contribution in [2.24, 2.45) is 10.8 Å². The summed E-state index contributed by atoms with van der Waals surface area (Å²) >= 11 is 2.19. The van der Waals surface area contributed by atoms with Crippen molar-refractivity contribution in [3.8, 4) is 17.2 Å². The fourth-order valence-electron chi connectivity index (χ4n) is 2.79. The Morgan fingerprint density at radius 2 is 1.44 bits per heavy atom. The van der Waals surface area contributed by atoms with E-state index in [9.17, 15) is 9.59 Å². The normalized spacial score (nSPS) is 11.6. The predicted molar refractivity (Wildman–Crippen MR) is 140 cm³/mol. The second kappa shape index (κ2) is 10.7. The molecule has 0 unspecified atom stereocenters. The quantitative estimate of drug-likeness (QED) is 0.455. The van der Waals surface area contributed by atoms with Crippen LogP contribution in [0, 0.1) is 14.4 Å². The van der Waals surface area contributed by atoms with Gasteiger partial charge in [0.1, 0.15) is 5.82 Å². The Balaban J connectivity index is 2.56. The monoisotopic (exact) mass is 584 g/mol. The molecule has 0 aliphatic rings. The summed E-state index contributed by atoms with van der Waals surface area (Å²) < 4.78 is 17.3. The summed E-state index contributed by atoms with van der Waals surface area (Å²) in [4.78, 5) is 34.0. The van der Waals surface area contributed by atoms with Crippen LogP contribution in [-0.4, -0.2) is 43.1 Å². The molecule has 0 bridgehead atoms. The van der Waals surface area contributed by atoms with Gasteiger partial charge in [0.15, 0.2) is 11.5 Å². The molecular formula is C24H33IN4O5. The number of carbonyl (C=O) groups excluding carboxylic acids is 2. The number of methoxy groups -OCH3 is 3. The zero-order valence-electron chi connectivity index (χ0n) is 21.2. The molecule has 0 radical (unpaired) electrons. The van der Waals surface area contributed by atoms with Crippen molar-refractivity contribution in [2.75, 3.05) is 32.0 Å². The molecule has 186 valence electrons. The maximum Gasteiger partial charge on any atom is 0.232 e. The van der Waals surface area contributed by atoms with Crippen LogP contribution >= 0.6 is 22.6 Å². The second-order valence-electron chi connectivity index (χ2n) is 9.77. The Hall–Kier alpha value is -2.63. The number of ether oxygens (including phenoxy) is 3. The molecule has 2 N–H and O–H groups in total. The van der Waals surface area contributed by atoms with Crippen molar-refractivity contribution in [3.05, 3.63) is 27.0 Å². The molecule has 0 spiro atoms. The van der Waals surface area contributed by atoms with Crippen molar-refractivity contribution in [3.63, 3.8) is 0 Å². The molecule has 2 rings (SSSR count). The summed E-state index contributed by atoms with van der Waals surface area (Å²) in [5, 5.41) is 5.61. The second-order valence-corrected chi connectivity index (χ2v) is 10.8. The minimum absolute atomic E-state index is 0.118.